The first-order chi connectivity index (χ1) is 9.69. The van der Waals surface area contributed by atoms with Crippen LogP contribution in [0.15, 0.2) is 18.2 Å². The van der Waals surface area contributed by atoms with Gasteiger partial charge in [0.05, 0.1) is 0 Å². The van der Waals surface area contributed by atoms with Crippen molar-refractivity contribution in [1.29, 1.82) is 0 Å². The number of hydrogen-bond donors (Lipinski definition) is 1. The van der Waals surface area contributed by atoms with Crippen molar-refractivity contribution in [2.75, 3.05) is 0 Å². The second-order valence-corrected chi connectivity index (χ2v) is 7.41. The zero-order valence-electron chi connectivity index (χ0n) is 12.2. The molecule has 20 heavy (non-hydrogen) atoms. The molecule has 1 aromatic rings. The largest absolute Gasteiger partial charge is 0.309 e. The summed E-state index contributed by atoms with van der Waals surface area (Å²) in [6.07, 6.45) is 7.25. The van der Waals surface area contributed by atoms with E-state index < -0.39 is 0 Å². The number of nitrogens with one attached hydrogen (secondary N) is 1. The Bertz CT molecular complexity index is 482. The van der Waals surface area contributed by atoms with Crippen LogP contribution in [0, 0.1) is 36.4 Å². The number of hydrogen-bond acceptors (Lipinski definition) is 1. The van der Waals surface area contributed by atoms with Crippen molar-refractivity contribution in [3.63, 3.8) is 0 Å². The van der Waals surface area contributed by atoms with Gasteiger partial charge in [-0.1, -0.05) is 6.07 Å². The predicted molar refractivity (Wildman–Crippen MR) is 78.8 cm³/mol. The van der Waals surface area contributed by atoms with Gasteiger partial charge in [0, 0.05) is 12.6 Å². The average molecular weight is 273 g/mol. The zero-order chi connectivity index (χ0) is 13.7. The van der Waals surface area contributed by atoms with Crippen molar-refractivity contribution >= 4 is 0 Å². The van der Waals surface area contributed by atoms with E-state index >= 15 is 0 Å². The smallest absolute Gasteiger partial charge is 0.123 e. The van der Waals surface area contributed by atoms with E-state index in [1.807, 2.05) is 6.07 Å². The zero-order valence-corrected chi connectivity index (χ0v) is 12.2. The monoisotopic (exact) mass is 273 g/mol. The minimum atomic E-state index is -0.113. The predicted octanol–water partition coefficient (Wildman–Crippen LogP) is 4.05. The van der Waals surface area contributed by atoms with Crippen LogP contribution >= 0.6 is 0 Å². The van der Waals surface area contributed by atoms with Crippen molar-refractivity contribution in [3.05, 3.63) is 35.1 Å². The van der Waals surface area contributed by atoms with E-state index in [9.17, 15) is 4.39 Å². The van der Waals surface area contributed by atoms with Crippen molar-refractivity contribution in [1.82, 2.24) is 5.32 Å². The van der Waals surface area contributed by atoms with Gasteiger partial charge in [-0.05, 0) is 86.0 Å². The van der Waals surface area contributed by atoms with Crippen LogP contribution in [0.2, 0.25) is 0 Å². The first-order valence-electron chi connectivity index (χ1n) is 8.17. The molecule has 0 radical (unpaired) electrons. The van der Waals surface area contributed by atoms with Gasteiger partial charge < -0.3 is 5.32 Å². The van der Waals surface area contributed by atoms with Crippen LogP contribution in [0.3, 0.4) is 0 Å². The summed E-state index contributed by atoms with van der Waals surface area (Å²) in [5, 5.41) is 3.78. The maximum Gasteiger partial charge on any atom is 0.123 e. The Morgan fingerprint density at radius 1 is 1.05 bits per heavy atom. The topological polar surface area (TPSA) is 12.0 Å². The summed E-state index contributed by atoms with van der Waals surface area (Å²) in [7, 11) is 0. The Balaban J connectivity index is 1.46. The average Bonchev–Trinajstić information content (AvgIpc) is 2.41. The molecule has 1 aromatic carbocycles. The van der Waals surface area contributed by atoms with Crippen LogP contribution in [0.5, 0.6) is 0 Å². The van der Waals surface area contributed by atoms with Crippen molar-refractivity contribution in [2.45, 2.75) is 51.6 Å². The Labute approximate surface area is 121 Å². The molecule has 0 aromatic heterocycles. The normalized spacial score (nSPS) is 38.4. The van der Waals surface area contributed by atoms with Crippen LogP contribution in [0.4, 0.5) is 4.39 Å². The Hall–Kier alpha value is -0.890. The van der Waals surface area contributed by atoms with Gasteiger partial charge in [0.1, 0.15) is 5.82 Å². The third-order valence-corrected chi connectivity index (χ3v) is 6.07. The molecule has 0 spiro atoms. The summed E-state index contributed by atoms with van der Waals surface area (Å²) in [5.41, 5.74) is 2.32. The molecule has 0 amide bonds. The molecule has 0 aliphatic heterocycles. The lowest BCUT2D eigenvalue weighted by Crippen LogP contribution is -2.54. The molecule has 0 unspecified atom stereocenters. The number of benzene rings is 1. The fourth-order valence-electron chi connectivity index (χ4n) is 5.32. The lowest BCUT2D eigenvalue weighted by Gasteiger charge is -2.54. The molecular formula is C18H24FN. The highest BCUT2D eigenvalue weighted by Crippen LogP contribution is 2.53. The van der Waals surface area contributed by atoms with E-state index in [1.165, 1.54) is 37.7 Å². The highest BCUT2D eigenvalue weighted by molar-refractivity contribution is 5.26. The van der Waals surface area contributed by atoms with Gasteiger partial charge in [-0.3, -0.25) is 0 Å². The Kier molecular flexibility index (Phi) is 3.10. The third kappa shape index (κ3) is 2.18. The third-order valence-electron chi connectivity index (χ3n) is 6.07. The molecule has 4 saturated carbocycles. The molecule has 0 heterocycles. The van der Waals surface area contributed by atoms with E-state index in [4.69, 9.17) is 0 Å². The van der Waals surface area contributed by atoms with Crippen molar-refractivity contribution < 1.29 is 4.39 Å². The molecule has 1 nitrogen and oxygen atoms in total. The van der Waals surface area contributed by atoms with Crippen molar-refractivity contribution in [3.8, 4) is 0 Å². The van der Waals surface area contributed by atoms with Gasteiger partial charge >= 0.3 is 0 Å². The van der Waals surface area contributed by atoms with Crippen LogP contribution in [0.25, 0.3) is 0 Å². The van der Waals surface area contributed by atoms with E-state index in [0.29, 0.717) is 6.04 Å². The molecule has 2 heteroatoms. The molecule has 0 saturated heterocycles. The fraction of sp³-hybridized carbons (Fsp3) is 0.667. The molecule has 5 rings (SSSR count). The van der Waals surface area contributed by atoms with Crippen molar-refractivity contribution in [2.24, 2.45) is 23.7 Å². The molecular weight excluding hydrogens is 249 g/mol. The number of halogens is 1. The quantitative estimate of drug-likeness (QED) is 0.876. The summed E-state index contributed by atoms with van der Waals surface area (Å²) in [5.74, 6) is 3.70. The molecule has 4 bridgehead atoms. The standard InChI is InChI=1S/C18H24FN/c1-11-2-3-17(19)9-16(11)10-20-18-14-5-12-4-13(7-14)8-15(18)6-12/h2-3,9,12-15,18,20H,4-8,10H2,1H3. The summed E-state index contributed by atoms with van der Waals surface area (Å²) < 4.78 is 13.4. The Morgan fingerprint density at radius 3 is 2.35 bits per heavy atom. The van der Waals surface area contributed by atoms with Crippen LogP contribution < -0.4 is 5.32 Å². The lowest BCUT2D eigenvalue weighted by atomic mass is 9.54. The summed E-state index contributed by atoms with van der Waals surface area (Å²) in [4.78, 5) is 0. The lowest BCUT2D eigenvalue weighted by molar-refractivity contribution is -0.0142. The number of aryl methyl sites for hydroxylation is 1. The first-order valence-corrected chi connectivity index (χ1v) is 8.17. The second kappa shape index (κ2) is 4.84. The van der Waals surface area contributed by atoms with E-state index in [0.717, 1.165) is 35.8 Å². The van der Waals surface area contributed by atoms with Gasteiger partial charge in [0.2, 0.25) is 0 Å². The van der Waals surface area contributed by atoms with Crippen LogP contribution in [-0.2, 0) is 6.54 Å². The minimum absolute atomic E-state index is 0.113. The molecule has 4 aliphatic carbocycles. The second-order valence-electron chi connectivity index (χ2n) is 7.41. The molecule has 4 fully saturated rings. The summed E-state index contributed by atoms with van der Waals surface area (Å²) >= 11 is 0. The summed E-state index contributed by atoms with van der Waals surface area (Å²) in [6, 6.07) is 5.83. The van der Waals surface area contributed by atoms with E-state index in [-0.39, 0.29) is 5.82 Å². The van der Waals surface area contributed by atoms with Gasteiger partial charge in [-0.25, -0.2) is 4.39 Å². The van der Waals surface area contributed by atoms with Gasteiger partial charge in [-0.2, -0.15) is 0 Å². The van der Waals surface area contributed by atoms with E-state index in [2.05, 4.69) is 12.2 Å². The maximum absolute atomic E-state index is 13.4. The molecule has 1 N–H and O–H groups in total. The number of rotatable bonds is 3. The first kappa shape index (κ1) is 12.8. The van der Waals surface area contributed by atoms with Gasteiger partial charge in [0.25, 0.3) is 0 Å². The van der Waals surface area contributed by atoms with Crippen LogP contribution in [0.1, 0.15) is 43.2 Å². The van der Waals surface area contributed by atoms with Crippen LogP contribution in [-0.4, -0.2) is 6.04 Å². The molecule has 4 aliphatic rings. The Morgan fingerprint density at radius 2 is 1.70 bits per heavy atom. The molecule has 0 atom stereocenters. The van der Waals surface area contributed by atoms with Gasteiger partial charge in [-0.15, -0.1) is 0 Å². The van der Waals surface area contributed by atoms with Gasteiger partial charge in [0.15, 0.2) is 0 Å². The SMILES string of the molecule is Cc1ccc(F)cc1CNC1C2CC3CC(C2)CC1C3. The highest BCUT2D eigenvalue weighted by Gasteiger charge is 2.47. The fourth-order valence-corrected chi connectivity index (χ4v) is 5.32. The maximum atomic E-state index is 13.4. The summed E-state index contributed by atoms with van der Waals surface area (Å²) in [6.45, 7) is 2.91. The minimum Gasteiger partial charge on any atom is -0.309 e. The molecule has 108 valence electrons. The van der Waals surface area contributed by atoms with E-state index in [1.54, 1.807) is 12.1 Å². The highest BCUT2D eigenvalue weighted by atomic mass is 19.1.